The van der Waals surface area contributed by atoms with Gasteiger partial charge in [0, 0.05) is 16.1 Å². The van der Waals surface area contributed by atoms with Crippen molar-refractivity contribution in [2.24, 2.45) is 0 Å². The first-order valence-electron chi connectivity index (χ1n) is 9.56. The third-order valence-corrected chi connectivity index (χ3v) is 7.06. The third kappa shape index (κ3) is 3.79. The van der Waals surface area contributed by atoms with E-state index < -0.39 is 16.1 Å². The van der Waals surface area contributed by atoms with E-state index in [1.54, 1.807) is 36.4 Å². The monoisotopic (exact) mass is 468 g/mol. The minimum atomic E-state index is -4.23. The molecule has 0 saturated carbocycles. The summed E-state index contributed by atoms with van der Waals surface area (Å²) in [5, 5.41) is 0.465. The summed E-state index contributed by atoms with van der Waals surface area (Å²) in [7, 11) is -4.23. The Morgan fingerprint density at radius 3 is 2.09 bits per heavy atom. The number of rotatable bonds is 5. The molecule has 0 aliphatic carbocycles. The Labute approximate surface area is 189 Å². The maximum atomic E-state index is 13.4. The highest BCUT2D eigenvalue weighted by Crippen LogP contribution is 2.37. The molecule has 162 valence electrons. The second-order valence-electron chi connectivity index (χ2n) is 7.14. The average molecular weight is 469 g/mol. The predicted octanol–water partition coefficient (Wildman–Crippen LogP) is 4.56. The maximum absolute atomic E-state index is 13.4. The summed E-state index contributed by atoms with van der Waals surface area (Å²) in [5.41, 5.74) is 0.908. The highest BCUT2D eigenvalue weighted by Gasteiger charge is 2.43. The van der Waals surface area contributed by atoms with Crippen LogP contribution in [0.5, 0.6) is 0 Å². The molecule has 0 bridgehead atoms. The lowest BCUT2D eigenvalue weighted by Crippen LogP contribution is -2.52. The number of anilines is 2. The van der Waals surface area contributed by atoms with Gasteiger partial charge in [0.15, 0.2) is 11.6 Å². The first-order chi connectivity index (χ1) is 15.2. The molecule has 32 heavy (non-hydrogen) atoms. The number of ketones is 2. The van der Waals surface area contributed by atoms with Gasteiger partial charge >= 0.3 is 6.03 Å². The van der Waals surface area contributed by atoms with Crippen molar-refractivity contribution in [1.82, 2.24) is 0 Å². The highest BCUT2D eigenvalue weighted by atomic mass is 35.5. The smallest absolute Gasteiger partial charge is 0.295 e. The quantitative estimate of drug-likeness (QED) is 0.512. The number of hydrogen-bond acceptors (Lipinski definition) is 5. The fourth-order valence-electron chi connectivity index (χ4n) is 3.42. The summed E-state index contributed by atoms with van der Waals surface area (Å²) in [6.45, 7) is 1.02. The van der Waals surface area contributed by atoms with E-state index in [-0.39, 0.29) is 34.4 Å². The van der Waals surface area contributed by atoms with Crippen LogP contribution in [0.1, 0.15) is 27.6 Å². The van der Waals surface area contributed by atoms with Gasteiger partial charge < -0.3 is 0 Å². The van der Waals surface area contributed by atoms with Crippen LogP contribution in [0.15, 0.2) is 77.7 Å². The van der Waals surface area contributed by atoms with Crippen LogP contribution >= 0.6 is 11.6 Å². The summed E-state index contributed by atoms with van der Waals surface area (Å²) in [5.74, 6) is -0.569. The summed E-state index contributed by atoms with van der Waals surface area (Å²) < 4.78 is 27.2. The van der Waals surface area contributed by atoms with Crippen LogP contribution in [0.3, 0.4) is 0 Å². The average Bonchev–Trinajstić information content (AvgIpc) is 2.77. The van der Waals surface area contributed by atoms with Gasteiger partial charge in [0.1, 0.15) is 4.90 Å². The Morgan fingerprint density at radius 2 is 1.47 bits per heavy atom. The maximum Gasteiger partial charge on any atom is 0.343 e. The van der Waals surface area contributed by atoms with E-state index in [0.717, 1.165) is 4.90 Å². The standard InChI is InChI=1S/C23H17ClN2O5S/c1-15(27)16-8-12-19(13-9-16)26-23(29)25(14-21(28)17-6-10-18(24)11-7-17)20-4-2-3-5-22(20)32(26,30)31/h2-13H,14H2,1H3. The summed E-state index contributed by atoms with van der Waals surface area (Å²) in [6.07, 6.45) is 0. The minimum Gasteiger partial charge on any atom is -0.295 e. The van der Waals surface area contributed by atoms with Gasteiger partial charge in [0.05, 0.1) is 17.9 Å². The first kappa shape index (κ1) is 21.7. The lowest BCUT2D eigenvalue weighted by atomic mass is 10.1. The largest absolute Gasteiger partial charge is 0.343 e. The molecule has 0 radical (unpaired) electrons. The van der Waals surface area contributed by atoms with Crippen molar-refractivity contribution in [1.29, 1.82) is 0 Å². The summed E-state index contributed by atoms with van der Waals surface area (Å²) >= 11 is 5.88. The molecule has 4 rings (SSSR count). The van der Waals surface area contributed by atoms with Gasteiger partial charge in [-0.3, -0.25) is 14.5 Å². The minimum absolute atomic E-state index is 0.0680. The van der Waals surface area contributed by atoms with Crippen molar-refractivity contribution in [3.63, 3.8) is 0 Å². The van der Waals surface area contributed by atoms with Crippen molar-refractivity contribution in [3.8, 4) is 0 Å². The molecule has 7 nitrogen and oxygen atoms in total. The van der Waals surface area contributed by atoms with Gasteiger partial charge in [-0.25, -0.2) is 13.2 Å². The lowest BCUT2D eigenvalue weighted by molar-refractivity contribution is 0.0996. The molecule has 1 aliphatic rings. The molecule has 0 spiro atoms. The number of halogens is 1. The Morgan fingerprint density at radius 1 is 0.875 bits per heavy atom. The summed E-state index contributed by atoms with van der Waals surface area (Å²) in [6, 6.07) is 17.0. The van der Waals surface area contributed by atoms with Crippen molar-refractivity contribution >= 4 is 50.6 Å². The second-order valence-corrected chi connectivity index (χ2v) is 9.33. The van der Waals surface area contributed by atoms with Crippen LogP contribution in [-0.4, -0.2) is 32.6 Å². The van der Waals surface area contributed by atoms with Gasteiger partial charge in [0.25, 0.3) is 10.0 Å². The molecule has 0 unspecified atom stereocenters. The number of para-hydroxylation sites is 1. The lowest BCUT2D eigenvalue weighted by Gasteiger charge is -2.35. The van der Waals surface area contributed by atoms with Crippen LogP contribution in [0.25, 0.3) is 0 Å². The molecule has 1 heterocycles. The number of fused-ring (bicyclic) bond motifs is 1. The number of amides is 2. The predicted molar refractivity (Wildman–Crippen MR) is 121 cm³/mol. The number of benzene rings is 3. The van der Waals surface area contributed by atoms with Crippen LogP contribution in [0.2, 0.25) is 5.02 Å². The van der Waals surface area contributed by atoms with Crippen molar-refractivity contribution in [2.75, 3.05) is 15.7 Å². The SMILES string of the molecule is CC(=O)c1ccc(N2C(=O)N(CC(=O)c3ccc(Cl)cc3)c3ccccc3S2(=O)=O)cc1. The molecule has 3 aromatic rings. The molecule has 1 aliphatic heterocycles. The third-order valence-electron chi connectivity index (χ3n) is 5.06. The zero-order valence-corrected chi connectivity index (χ0v) is 18.4. The molecule has 0 atom stereocenters. The molecule has 9 heteroatoms. The molecule has 0 fully saturated rings. The van der Waals surface area contributed by atoms with E-state index in [1.165, 1.54) is 43.3 Å². The van der Waals surface area contributed by atoms with E-state index in [4.69, 9.17) is 11.6 Å². The topological polar surface area (TPSA) is 91.8 Å². The molecule has 2 amide bonds. The number of carbonyl (C=O) groups excluding carboxylic acids is 3. The van der Waals surface area contributed by atoms with Crippen LogP contribution in [0, 0.1) is 0 Å². The Hall–Kier alpha value is -3.49. The van der Waals surface area contributed by atoms with E-state index >= 15 is 0 Å². The molecule has 0 aromatic heterocycles. The number of carbonyl (C=O) groups is 3. The van der Waals surface area contributed by atoms with Gasteiger partial charge in [0.2, 0.25) is 0 Å². The van der Waals surface area contributed by atoms with Crippen molar-refractivity contribution < 1.29 is 22.8 Å². The van der Waals surface area contributed by atoms with Crippen LogP contribution in [0.4, 0.5) is 16.2 Å². The first-order valence-corrected chi connectivity index (χ1v) is 11.4. The number of sulfonamides is 1. The van der Waals surface area contributed by atoms with Gasteiger partial charge in [-0.15, -0.1) is 0 Å². The highest BCUT2D eigenvalue weighted by molar-refractivity contribution is 7.94. The molecule has 0 saturated heterocycles. The fourth-order valence-corrected chi connectivity index (χ4v) is 5.14. The molecular weight excluding hydrogens is 452 g/mol. The van der Waals surface area contributed by atoms with Crippen molar-refractivity contribution in [3.05, 3.63) is 88.9 Å². The fraction of sp³-hybridized carbons (Fsp3) is 0.0870. The van der Waals surface area contributed by atoms with E-state index in [9.17, 15) is 22.8 Å². The number of urea groups is 1. The Bertz CT molecular complexity index is 1340. The Kier molecular flexibility index (Phi) is 5.58. The summed E-state index contributed by atoms with van der Waals surface area (Å²) in [4.78, 5) is 38.8. The van der Waals surface area contributed by atoms with E-state index in [1.807, 2.05) is 0 Å². The zero-order chi connectivity index (χ0) is 23.0. The van der Waals surface area contributed by atoms with Gasteiger partial charge in [-0.05, 0) is 67.6 Å². The van der Waals surface area contributed by atoms with Crippen LogP contribution in [-0.2, 0) is 10.0 Å². The molecular formula is C23H17ClN2O5S. The molecule has 3 aromatic carbocycles. The van der Waals surface area contributed by atoms with Gasteiger partial charge in [-0.1, -0.05) is 23.7 Å². The van der Waals surface area contributed by atoms with E-state index in [0.29, 0.717) is 20.5 Å². The zero-order valence-electron chi connectivity index (χ0n) is 16.9. The van der Waals surface area contributed by atoms with Crippen LogP contribution < -0.4 is 9.21 Å². The normalized spacial score (nSPS) is 14.8. The number of nitrogens with zero attached hydrogens (tertiary/aromatic N) is 2. The Balaban J connectivity index is 1.78. The van der Waals surface area contributed by atoms with Crippen molar-refractivity contribution in [2.45, 2.75) is 11.8 Å². The number of Topliss-reactive ketones (excluding diaryl/α,β-unsaturated/α-hetero) is 2. The van der Waals surface area contributed by atoms with Gasteiger partial charge in [-0.2, -0.15) is 4.31 Å². The molecule has 0 N–H and O–H groups in total. The second kappa shape index (κ2) is 8.22. The van der Waals surface area contributed by atoms with E-state index in [2.05, 4.69) is 0 Å². The number of hydrogen-bond donors (Lipinski definition) is 0.